The number of hydrogen-bond donors (Lipinski definition) is 0. The normalized spacial score (nSPS) is 15.6. The number of benzene rings is 6. The fourth-order valence-electron chi connectivity index (χ4n) is 8.98. The van der Waals surface area contributed by atoms with Crippen molar-refractivity contribution in [1.82, 2.24) is 0 Å². The van der Waals surface area contributed by atoms with Crippen LogP contribution < -0.4 is 30.2 Å². The summed E-state index contributed by atoms with van der Waals surface area (Å²) in [6.45, 7) is 0.881. The molecule has 6 aromatic carbocycles. The first-order valence-electron chi connectivity index (χ1n) is 16.2. The zero-order valence-corrected chi connectivity index (χ0v) is 26.3. The lowest BCUT2D eigenvalue weighted by atomic mass is 9.71. The Bertz CT molecular complexity index is 2200. The van der Waals surface area contributed by atoms with Gasteiger partial charge >= 0.3 is 0 Å². The van der Waals surface area contributed by atoms with E-state index in [0.29, 0.717) is 0 Å². The molecule has 1 aromatic heterocycles. The minimum absolute atomic E-state index is 0.588. The molecule has 0 unspecified atom stereocenters. The molecule has 0 amide bonds. The van der Waals surface area contributed by atoms with Crippen LogP contribution in [0.25, 0.3) is 11.3 Å². The zero-order valence-electron chi connectivity index (χ0n) is 25.3. The Hall–Kier alpha value is -5.51. The molecule has 0 aliphatic carbocycles. The molecule has 4 heterocycles. The van der Waals surface area contributed by atoms with Crippen molar-refractivity contribution < 1.29 is 4.57 Å². The summed E-state index contributed by atoms with van der Waals surface area (Å²) in [5, 5.41) is 5.72. The molecule has 0 N–H and O–H groups in total. The van der Waals surface area contributed by atoms with E-state index in [4.69, 9.17) is 0 Å². The van der Waals surface area contributed by atoms with E-state index in [2.05, 4.69) is 186 Å². The average molecular weight is 604 g/mol. The van der Waals surface area contributed by atoms with E-state index in [-0.39, 0.29) is 0 Å². The van der Waals surface area contributed by atoms with Crippen molar-refractivity contribution in [3.8, 4) is 11.3 Å². The highest BCUT2D eigenvalue weighted by Crippen LogP contribution is 2.58. The first-order valence-corrected chi connectivity index (χ1v) is 18.2. The second kappa shape index (κ2) is 9.49. The Morgan fingerprint density at radius 2 is 1.09 bits per heavy atom. The summed E-state index contributed by atoms with van der Waals surface area (Å²) in [6, 6.07) is 64.0. The van der Waals surface area contributed by atoms with Crippen LogP contribution in [-0.2, 0) is 12.1 Å². The molecule has 0 atom stereocenters. The number of pyridine rings is 1. The van der Waals surface area contributed by atoms with E-state index in [9.17, 15) is 0 Å². The van der Waals surface area contributed by atoms with Crippen LogP contribution in [-0.4, -0.2) is 8.07 Å². The van der Waals surface area contributed by atoms with Gasteiger partial charge in [0.25, 0.3) is 0 Å². The van der Waals surface area contributed by atoms with E-state index >= 15 is 0 Å². The van der Waals surface area contributed by atoms with Crippen LogP contribution in [0.3, 0.4) is 0 Å². The topological polar surface area (TPSA) is 7.12 Å². The van der Waals surface area contributed by atoms with Gasteiger partial charge in [0, 0.05) is 17.3 Å². The Morgan fingerprint density at radius 1 is 0.522 bits per heavy atom. The fourth-order valence-corrected chi connectivity index (χ4v) is 14.1. The molecule has 0 saturated heterocycles. The lowest BCUT2D eigenvalue weighted by Gasteiger charge is -2.55. The van der Waals surface area contributed by atoms with E-state index < -0.39 is 13.6 Å². The maximum atomic E-state index is 2.75. The molecule has 0 fully saturated rings. The minimum atomic E-state index is -2.77. The molecule has 3 aliphatic rings. The highest BCUT2D eigenvalue weighted by molar-refractivity contribution is 7.21. The maximum Gasteiger partial charge on any atom is 0.221 e. The quantitative estimate of drug-likeness (QED) is 0.173. The van der Waals surface area contributed by atoms with Crippen molar-refractivity contribution in [2.45, 2.75) is 12.1 Å². The number of fused-ring (bicyclic) bond motifs is 2. The Morgan fingerprint density at radius 3 is 1.72 bits per heavy atom. The van der Waals surface area contributed by atoms with Gasteiger partial charge in [-0.1, -0.05) is 152 Å². The van der Waals surface area contributed by atoms with E-state index in [1.807, 2.05) is 0 Å². The predicted octanol–water partition coefficient (Wildman–Crippen LogP) is 6.14. The first-order chi connectivity index (χ1) is 22.8. The third-order valence-corrected chi connectivity index (χ3v) is 15.5. The van der Waals surface area contributed by atoms with Gasteiger partial charge in [0.05, 0.1) is 16.8 Å². The summed E-state index contributed by atoms with van der Waals surface area (Å²) < 4.78 is 2.49. The zero-order chi connectivity index (χ0) is 30.3. The molecule has 0 spiro atoms. The van der Waals surface area contributed by atoms with Crippen LogP contribution in [0.1, 0.15) is 22.3 Å². The molecule has 216 valence electrons. The summed E-state index contributed by atoms with van der Waals surface area (Å²) in [7, 11) is -2.77. The van der Waals surface area contributed by atoms with Crippen LogP contribution in [0, 0.1) is 0 Å². The summed E-state index contributed by atoms with van der Waals surface area (Å²) in [4.78, 5) is 2.75. The largest absolute Gasteiger partial charge is 0.322 e. The monoisotopic (exact) mass is 603 g/mol. The van der Waals surface area contributed by atoms with Crippen LogP contribution >= 0.6 is 0 Å². The van der Waals surface area contributed by atoms with E-state index in [0.717, 1.165) is 6.54 Å². The van der Waals surface area contributed by atoms with E-state index in [1.165, 1.54) is 65.6 Å². The lowest BCUT2D eigenvalue weighted by molar-refractivity contribution is -0.672. The molecular formula is C43H31N2Si+. The van der Waals surface area contributed by atoms with Gasteiger partial charge in [-0.25, -0.2) is 0 Å². The van der Waals surface area contributed by atoms with Crippen LogP contribution in [0.4, 0.5) is 11.4 Å². The number of nitrogens with zero attached hydrogens (tertiary/aromatic N) is 2. The van der Waals surface area contributed by atoms with Crippen molar-refractivity contribution in [1.29, 1.82) is 0 Å². The Balaban J connectivity index is 1.47. The molecule has 3 heteroatoms. The van der Waals surface area contributed by atoms with Crippen molar-refractivity contribution in [3.63, 3.8) is 0 Å². The standard InChI is InChI=1S/C43H31N2Si/c1-5-16-32(17-6-1)43(33-18-7-2-8-19-33)36-24-15-29-44-30-31-27-28-39-42(40(31)41(36)44)45(43)37-25-13-14-26-38(37)46(39,34-20-9-3-10-21-34)35-22-11-4-12-23-35/h1-29H,30H2/q+1. The number of hydrogen-bond acceptors (Lipinski definition) is 1. The SMILES string of the molecule is c1ccc(C2(c3ccccc3)c3ccc[n+]4c3-c3c(ccc5c3N2c2ccccc2[Si]5(c2ccccc2)c2ccccc2)C4)cc1. The van der Waals surface area contributed by atoms with Gasteiger partial charge in [0.15, 0.2) is 20.8 Å². The fraction of sp³-hybridized carbons (Fsp3) is 0.0465. The van der Waals surface area contributed by atoms with Gasteiger partial charge < -0.3 is 4.90 Å². The molecule has 2 nitrogen and oxygen atoms in total. The van der Waals surface area contributed by atoms with Crippen molar-refractivity contribution in [2.24, 2.45) is 0 Å². The van der Waals surface area contributed by atoms with Gasteiger partial charge in [0.1, 0.15) is 5.54 Å². The Kier molecular flexibility index (Phi) is 5.32. The molecule has 0 bridgehead atoms. The second-order valence-corrected chi connectivity index (χ2v) is 16.4. The number of rotatable bonds is 4. The molecule has 0 saturated carbocycles. The summed E-state index contributed by atoms with van der Waals surface area (Å²) >= 11 is 0. The van der Waals surface area contributed by atoms with Crippen molar-refractivity contribution in [2.75, 3.05) is 4.90 Å². The highest BCUT2D eigenvalue weighted by atomic mass is 28.3. The summed E-state index contributed by atoms with van der Waals surface area (Å²) in [5.41, 5.74) is 10.1. The van der Waals surface area contributed by atoms with Gasteiger partial charge in [0.2, 0.25) is 5.69 Å². The van der Waals surface area contributed by atoms with Crippen molar-refractivity contribution in [3.05, 3.63) is 198 Å². The number of para-hydroxylation sites is 1. The third-order valence-electron chi connectivity index (χ3n) is 10.6. The molecular weight excluding hydrogens is 573 g/mol. The summed E-state index contributed by atoms with van der Waals surface area (Å²) in [6.07, 6.45) is 2.28. The van der Waals surface area contributed by atoms with E-state index in [1.54, 1.807) is 0 Å². The molecule has 0 radical (unpaired) electrons. The number of aromatic nitrogens is 1. The summed E-state index contributed by atoms with van der Waals surface area (Å²) in [5.74, 6) is 0. The first kappa shape index (κ1) is 25.8. The predicted molar refractivity (Wildman–Crippen MR) is 190 cm³/mol. The average Bonchev–Trinajstić information content (AvgIpc) is 3.53. The van der Waals surface area contributed by atoms with Gasteiger partial charge in [-0.15, -0.1) is 0 Å². The van der Waals surface area contributed by atoms with Crippen LogP contribution in [0.15, 0.2) is 176 Å². The van der Waals surface area contributed by atoms with Gasteiger partial charge in [-0.2, -0.15) is 4.57 Å². The molecule has 46 heavy (non-hydrogen) atoms. The second-order valence-electron chi connectivity index (χ2n) is 12.7. The minimum Gasteiger partial charge on any atom is -0.322 e. The van der Waals surface area contributed by atoms with Crippen LogP contribution in [0.5, 0.6) is 0 Å². The van der Waals surface area contributed by atoms with Gasteiger partial charge in [-0.05, 0) is 44.0 Å². The van der Waals surface area contributed by atoms with Crippen molar-refractivity contribution >= 4 is 40.2 Å². The molecule has 10 rings (SSSR count). The number of anilines is 2. The molecule has 7 aromatic rings. The smallest absolute Gasteiger partial charge is 0.221 e. The third kappa shape index (κ3) is 3.08. The highest BCUT2D eigenvalue weighted by Gasteiger charge is 2.60. The lowest BCUT2D eigenvalue weighted by Crippen LogP contribution is -2.78. The van der Waals surface area contributed by atoms with Crippen LogP contribution in [0.2, 0.25) is 0 Å². The maximum absolute atomic E-state index is 2.77. The molecule has 3 aliphatic heterocycles. The van der Waals surface area contributed by atoms with Gasteiger partial charge in [-0.3, -0.25) is 0 Å². The Labute approximate surface area is 270 Å².